The zero-order chi connectivity index (χ0) is 29.2. The van der Waals surface area contributed by atoms with Gasteiger partial charge in [-0.2, -0.15) is 0 Å². The minimum Gasteiger partial charge on any atom is -0.494 e. The molecule has 0 unspecified atom stereocenters. The van der Waals surface area contributed by atoms with Crippen LogP contribution in [0.1, 0.15) is 24.3 Å². The molecule has 5 rings (SSSR count). The smallest absolute Gasteiger partial charge is 0.238 e. The van der Waals surface area contributed by atoms with E-state index in [1.165, 1.54) is 55.6 Å². The number of nitrogens with two attached hydrogens (primary N) is 1. The molecule has 0 aliphatic carbocycles. The molecule has 41 heavy (non-hydrogen) atoms. The first kappa shape index (κ1) is 28.7. The van der Waals surface area contributed by atoms with E-state index in [-0.39, 0.29) is 40.3 Å². The molecule has 3 aromatic carbocycles. The van der Waals surface area contributed by atoms with Crippen molar-refractivity contribution in [2.24, 2.45) is 5.14 Å². The van der Waals surface area contributed by atoms with E-state index in [2.05, 4.69) is 4.98 Å². The summed E-state index contributed by atoms with van der Waals surface area (Å²) in [4.78, 5) is 4.45. The number of benzene rings is 3. The molecule has 0 atom stereocenters. The number of nitrogens with zero attached hydrogens (tertiary/aromatic N) is 1. The maximum atomic E-state index is 14.6. The molecule has 2 N–H and O–H groups in total. The second-order valence-electron chi connectivity index (χ2n) is 9.48. The van der Waals surface area contributed by atoms with Crippen LogP contribution in [0.25, 0.3) is 22.6 Å². The summed E-state index contributed by atoms with van der Waals surface area (Å²) in [5.41, 5.74) is 1.09. The summed E-state index contributed by atoms with van der Waals surface area (Å²) >= 11 is 0. The predicted molar refractivity (Wildman–Crippen MR) is 145 cm³/mol. The molecule has 0 amide bonds. The summed E-state index contributed by atoms with van der Waals surface area (Å²) in [5.74, 6) is -0.418. The minimum absolute atomic E-state index is 0.0557. The number of ether oxygens (including phenoxy) is 4. The number of primary sulfonamides is 1. The van der Waals surface area contributed by atoms with Crippen molar-refractivity contribution in [3.05, 3.63) is 83.8 Å². The molecule has 1 saturated heterocycles. The molecule has 1 aliphatic rings. The van der Waals surface area contributed by atoms with Gasteiger partial charge in [-0.15, -0.1) is 0 Å². The number of methoxy groups -OCH3 is 2. The lowest BCUT2D eigenvalue weighted by Crippen LogP contribution is -2.35. The van der Waals surface area contributed by atoms with Gasteiger partial charge >= 0.3 is 0 Å². The van der Waals surface area contributed by atoms with Crippen LogP contribution >= 0.6 is 0 Å². The summed E-state index contributed by atoms with van der Waals surface area (Å²) in [6, 6.07) is 14.4. The molecule has 1 aliphatic heterocycles. The average molecular weight is 587 g/mol. The Balaban J connectivity index is 1.48. The van der Waals surface area contributed by atoms with Gasteiger partial charge in [-0.3, -0.25) is 0 Å². The summed E-state index contributed by atoms with van der Waals surface area (Å²) in [6.07, 6.45) is 1.14. The van der Waals surface area contributed by atoms with Gasteiger partial charge in [-0.25, -0.2) is 27.3 Å². The zero-order valence-electron chi connectivity index (χ0n) is 22.4. The van der Waals surface area contributed by atoms with Gasteiger partial charge in [0.15, 0.2) is 23.9 Å². The molecule has 4 aromatic rings. The Morgan fingerprint density at radius 2 is 1.68 bits per heavy atom. The Hall–Kier alpha value is -3.84. The summed E-state index contributed by atoms with van der Waals surface area (Å²) in [5, 5.41) is 5.22. The van der Waals surface area contributed by atoms with Gasteiger partial charge in [0.25, 0.3) is 0 Å². The van der Waals surface area contributed by atoms with Gasteiger partial charge in [0, 0.05) is 50.4 Å². The molecule has 0 spiro atoms. The number of hydrogen-bond acceptors (Lipinski definition) is 8. The molecule has 0 saturated carbocycles. The average Bonchev–Trinajstić information content (AvgIpc) is 3.40. The van der Waals surface area contributed by atoms with Crippen molar-refractivity contribution in [3.63, 3.8) is 0 Å². The number of sulfonamides is 1. The van der Waals surface area contributed by atoms with Crippen LogP contribution in [-0.2, 0) is 31.7 Å². The maximum Gasteiger partial charge on any atom is 0.238 e. The van der Waals surface area contributed by atoms with E-state index in [0.717, 1.165) is 0 Å². The minimum atomic E-state index is -3.91. The molecule has 0 bridgehead atoms. The first-order valence-corrected chi connectivity index (χ1v) is 14.2. The van der Waals surface area contributed by atoms with Gasteiger partial charge in [0.05, 0.1) is 17.6 Å². The van der Waals surface area contributed by atoms with Crippen LogP contribution in [0.5, 0.6) is 11.5 Å². The van der Waals surface area contributed by atoms with E-state index in [9.17, 15) is 17.2 Å². The fourth-order valence-electron chi connectivity index (χ4n) is 4.79. The van der Waals surface area contributed by atoms with Crippen molar-refractivity contribution in [3.8, 4) is 34.1 Å². The normalized spacial score (nSPS) is 15.0. The topological polar surface area (TPSA) is 123 Å². The summed E-state index contributed by atoms with van der Waals surface area (Å²) < 4.78 is 80.8. The Morgan fingerprint density at radius 3 is 2.32 bits per heavy atom. The number of aromatic nitrogens is 1. The van der Waals surface area contributed by atoms with E-state index >= 15 is 0 Å². The molecular formula is C29H28F2N2O7S. The van der Waals surface area contributed by atoms with Crippen molar-refractivity contribution in [1.82, 2.24) is 4.98 Å². The molecule has 1 fully saturated rings. The standard InChI is InChI=1S/C29H28F2N2O7S/c1-36-25-8-5-19(13-24(25)31)27-28(18-3-6-23(7-4-18)41(32,34)35)40-26(33-27)17-39-22-15-20(14-21(30)16-22)29(37-2)9-11-38-12-10-29/h3-8,13-16H,9-12,17H2,1-2H3,(H2,32,34,35). The molecule has 216 valence electrons. The third-order valence-electron chi connectivity index (χ3n) is 6.99. The van der Waals surface area contributed by atoms with Gasteiger partial charge in [-0.1, -0.05) is 0 Å². The third kappa shape index (κ3) is 6.10. The Bertz CT molecular complexity index is 1650. The van der Waals surface area contributed by atoms with Crippen LogP contribution in [0.3, 0.4) is 0 Å². The second-order valence-corrected chi connectivity index (χ2v) is 11.0. The molecule has 12 heteroatoms. The highest BCUT2D eigenvalue weighted by Crippen LogP contribution is 2.38. The molecule has 9 nitrogen and oxygen atoms in total. The quantitative estimate of drug-likeness (QED) is 0.285. The van der Waals surface area contributed by atoms with E-state index < -0.39 is 27.3 Å². The fourth-order valence-corrected chi connectivity index (χ4v) is 5.31. The Kier molecular flexibility index (Phi) is 8.09. The van der Waals surface area contributed by atoms with Crippen molar-refractivity contribution >= 4 is 10.0 Å². The van der Waals surface area contributed by atoms with Crippen LogP contribution in [0, 0.1) is 11.6 Å². The van der Waals surface area contributed by atoms with E-state index in [1.807, 2.05) is 0 Å². The van der Waals surface area contributed by atoms with Gasteiger partial charge in [0.2, 0.25) is 15.9 Å². The molecule has 1 aromatic heterocycles. The van der Waals surface area contributed by atoms with Crippen LogP contribution in [-0.4, -0.2) is 40.8 Å². The second kappa shape index (κ2) is 11.6. The first-order chi connectivity index (χ1) is 19.6. The molecular weight excluding hydrogens is 558 g/mol. The number of rotatable bonds is 9. The van der Waals surface area contributed by atoms with Crippen molar-refractivity contribution < 1.29 is 40.6 Å². The lowest BCUT2D eigenvalue weighted by molar-refractivity contribution is -0.0950. The number of hydrogen-bond donors (Lipinski definition) is 1. The Labute approximate surface area is 235 Å². The maximum absolute atomic E-state index is 14.6. The van der Waals surface area contributed by atoms with Gasteiger partial charge in [0.1, 0.15) is 17.3 Å². The van der Waals surface area contributed by atoms with Crippen LogP contribution in [0.2, 0.25) is 0 Å². The van der Waals surface area contributed by atoms with E-state index in [1.54, 1.807) is 19.2 Å². The summed E-state index contributed by atoms with van der Waals surface area (Å²) in [7, 11) is -0.964. The fraction of sp³-hybridized carbons (Fsp3) is 0.276. The van der Waals surface area contributed by atoms with Crippen LogP contribution < -0.4 is 14.6 Å². The van der Waals surface area contributed by atoms with Crippen molar-refractivity contribution in [2.75, 3.05) is 27.4 Å². The third-order valence-corrected chi connectivity index (χ3v) is 7.92. The molecule has 2 heterocycles. The van der Waals surface area contributed by atoms with E-state index in [4.69, 9.17) is 28.5 Å². The highest BCUT2D eigenvalue weighted by atomic mass is 32.2. The first-order valence-electron chi connectivity index (χ1n) is 12.7. The summed E-state index contributed by atoms with van der Waals surface area (Å²) in [6.45, 7) is 0.812. The number of halogens is 2. The highest BCUT2D eigenvalue weighted by molar-refractivity contribution is 7.89. The van der Waals surface area contributed by atoms with Crippen LogP contribution in [0.15, 0.2) is 70.0 Å². The highest BCUT2D eigenvalue weighted by Gasteiger charge is 2.35. The zero-order valence-corrected chi connectivity index (χ0v) is 23.2. The molecule has 0 radical (unpaired) electrons. The van der Waals surface area contributed by atoms with Gasteiger partial charge in [-0.05, 0) is 60.2 Å². The van der Waals surface area contributed by atoms with Crippen molar-refractivity contribution in [2.45, 2.75) is 29.9 Å². The lowest BCUT2D eigenvalue weighted by atomic mass is 9.86. The predicted octanol–water partition coefficient (Wildman–Crippen LogP) is 5.17. The number of oxazole rings is 1. The van der Waals surface area contributed by atoms with E-state index in [0.29, 0.717) is 42.7 Å². The largest absolute Gasteiger partial charge is 0.494 e. The monoisotopic (exact) mass is 586 g/mol. The Morgan fingerprint density at radius 1 is 0.976 bits per heavy atom. The SMILES string of the molecule is COc1ccc(-c2nc(COc3cc(F)cc(C4(OC)CCOCC4)c3)oc2-c2ccc(S(N)(=O)=O)cc2)cc1F. The van der Waals surface area contributed by atoms with Crippen LogP contribution in [0.4, 0.5) is 8.78 Å². The van der Waals surface area contributed by atoms with Crippen molar-refractivity contribution in [1.29, 1.82) is 0 Å². The van der Waals surface area contributed by atoms with Gasteiger partial charge < -0.3 is 23.4 Å². The lowest BCUT2D eigenvalue weighted by Gasteiger charge is -2.36.